The quantitative estimate of drug-likeness (QED) is 0.761. The van der Waals surface area contributed by atoms with Crippen LogP contribution in [0.3, 0.4) is 0 Å². The van der Waals surface area contributed by atoms with Crippen LogP contribution in [0.25, 0.3) is 0 Å². The molecule has 1 N–H and O–H groups in total. The number of piperidine rings is 1. The molecule has 1 heterocycles. The first-order chi connectivity index (χ1) is 12.8. The highest BCUT2D eigenvalue weighted by atomic mass is 79.9. The zero-order valence-corrected chi connectivity index (χ0v) is 17.8. The van der Waals surface area contributed by atoms with Gasteiger partial charge in [-0.3, -0.25) is 4.79 Å². The van der Waals surface area contributed by atoms with Crippen LogP contribution in [0.4, 0.5) is 5.69 Å². The van der Waals surface area contributed by atoms with Crippen molar-refractivity contribution in [2.75, 3.05) is 18.4 Å². The fourth-order valence-electron chi connectivity index (χ4n) is 3.24. The lowest BCUT2D eigenvalue weighted by atomic mass is 9.98. The van der Waals surface area contributed by atoms with Crippen molar-refractivity contribution in [1.29, 1.82) is 0 Å². The third-order valence-electron chi connectivity index (χ3n) is 4.86. The van der Waals surface area contributed by atoms with Gasteiger partial charge in [-0.15, -0.1) is 0 Å². The molecule has 0 aromatic heterocycles. The summed E-state index contributed by atoms with van der Waals surface area (Å²) >= 11 is 3.32. The number of sulfonamides is 1. The van der Waals surface area contributed by atoms with Crippen LogP contribution in [0.15, 0.2) is 51.8 Å². The van der Waals surface area contributed by atoms with Gasteiger partial charge in [-0.1, -0.05) is 28.1 Å². The van der Waals surface area contributed by atoms with Gasteiger partial charge in [0.2, 0.25) is 15.9 Å². The molecule has 1 amide bonds. The van der Waals surface area contributed by atoms with Crippen LogP contribution in [0.1, 0.15) is 24.0 Å². The van der Waals surface area contributed by atoms with Crippen LogP contribution >= 0.6 is 15.9 Å². The van der Waals surface area contributed by atoms with Crippen molar-refractivity contribution < 1.29 is 13.2 Å². The first-order valence-electron chi connectivity index (χ1n) is 8.91. The average Bonchev–Trinajstić information content (AvgIpc) is 2.65. The van der Waals surface area contributed by atoms with Crippen LogP contribution in [-0.2, 0) is 14.8 Å². The maximum absolute atomic E-state index is 12.9. The molecule has 0 radical (unpaired) electrons. The van der Waals surface area contributed by atoms with Crippen LogP contribution in [0.5, 0.6) is 0 Å². The molecule has 1 fully saturated rings. The normalized spacial score (nSPS) is 18.3. The lowest BCUT2D eigenvalue weighted by Crippen LogP contribution is -2.43. The Balaban J connectivity index is 1.74. The van der Waals surface area contributed by atoms with Crippen LogP contribution in [-0.4, -0.2) is 31.7 Å². The summed E-state index contributed by atoms with van der Waals surface area (Å²) in [6.07, 6.45) is 1.35. The van der Waals surface area contributed by atoms with Gasteiger partial charge in [0.25, 0.3) is 0 Å². The largest absolute Gasteiger partial charge is 0.326 e. The second kappa shape index (κ2) is 8.12. The van der Waals surface area contributed by atoms with Crippen LogP contribution in [0, 0.1) is 19.8 Å². The van der Waals surface area contributed by atoms with Gasteiger partial charge in [-0.05, 0) is 68.1 Å². The van der Waals surface area contributed by atoms with Gasteiger partial charge in [-0.2, -0.15) is 4.31 Å². The van der Waals surface area contributed by atoms with Crippen molar-refractivity contribution in [3.63, 3.8) is 0 Å². The average molecular weight is 451 g/mol. The SMILES string of the molecule is Cc1ccc(C)c(NC(=O)C2CCCN(S(=O)(=O)c3ccc(Br)cc3)C2)c1. The molecule has 0 spiro atoms. The lowest BCUT2D eigenvalue weighted by Gasteiger charge is -2.31. The number of carbonyl (C=O) groups excluding carboxylic acids is 1. The van der Waals surface area contributed by atoms with Crippen molar-refractivity contribution in [3.05, 3.63) is 58.1 Å². The summed E-state index contributed by atoms with van der Waals surface area (Å²) in [5.41, 5.74) is 2.84. The summed E-state index contributed by atoms with van der Waals surface area (Å²) in [5, 5.41) is 2.97. The van der Waals surface area contributed by atoms with E-state index in [0.717, 1.165) is 21.3 Å². The van der Waals surface area contributed by atoms with Crippen molar-refractivity contribution in [3.8, 4) is 0 Å². The van der Waals surface area contributed by atoms with E-state index in [-0.39, 0.29) is 23.3 Å². The van der Waals surface area contributed by atoms with E-state index in [4.69, 9.17) is 0 Å². The zero-order chi connectivity index (χ0) is 19.6. The Bertz CT molecular complexity index is 942. The number of amides is 1. The molecule has 144 valence electrons. The highest BCUT2D eigenvalue weighted by molar-refractivity contribution is 9.10. The van der Waals surface area contributed by atoms with Gasteiger partial charge in [0.05, 0.1) is 10.8 Å². The topological polar surface area (TPSA) is 66.5 Å². The van der Waals surface area contributed by atoms with Gasteiger partial charge in [0, 0.05) is 23.2 Å². The van der Waals surface area contributed by atoms with Crippen molar-refractivity contribution in [1.82, 2.24) is 4.31 Å². The smallest absolute Gasteiger partial charge is 0.243 e. The van der Waals surface area contributed by atoms with Gasteiger partial charge in [0.15, 0.2) is 0 Å². The number of hydrogen-bond acceptors (Lipinski definition) is 3. The first-order valence-corrected chi connectivity index (χ1v) is 11.1. The monoisotopic (exact) mass is 450 g/mol. The Morgan fingerprint density at radius 3 is 2.56 bits per heavy atom. The highest BCUT2D eigenvalue weighted by Gasteiger charge is 2.33. The first kappa shape index (κ1) is 20.0. The second-order valence-corrected chi connectivity index (χ2v) is 9.82. The Kier molecular flexibility index (Phi) is 6.03. The summed E-state index contributed by atoms with van der Waals surface area (Å²) in [6.45, 7) is 4.56. The van der Waals surface area contributed by atoms with Crippen LogP contribution < -0.4 is 5.32 Å². The zero-order valence-electron chi connectivity index (χ0n) is 15.4. The number of anilines is 1. The molecule has 7 heteroatoms. The molecular formula is C20H23BrN2O3S. The third kappa shape index (κ3) is 4.59. The predicted octanol–water partition coefficient (Wildman–Crippen LogP) is 4.11. The lowest BCUT2D eigenvalue weighted by molar-refractivity contribution is -0.120. The van der Waals surface area contributed by atoms with Crippen molar-refractivity contribution in [2.45, 2.75) is 31.6 Å². The number of benzene rings is 2. The number of rotatable bonds is 4. The van der Waals surface area contributed by atoms with E-state index in [1.807, 2.05) is 32.0 Å². The number of hydrogen-bond donors (Lipinski definition) is 1. The fourth-order valence-corrected chi connectivity index (χ4v) is 5.02. The standard InChI is InChI=1S/C20H23BrN2O3S/c1-14-5-6-15(2)19(12-14)22-20(24)16-4-3-11-23(13-16)27(25,26)18-9-7-17(21)8-10-18/h5-10,12,16H,3-4,11,13H2,1-2H3,(H,22,24). The van der Waals surface area contributed by atoms with Gasteiger partial charge >= 0.3 is 0 Å². The second-order valence-electron chi connectivity index (χ2n) is 6.96. The Morgan fingerprint density at radius 2 is 1.85 bits per heavy atom. The molecule has 2 aromatic carbocycles. The number of aryl methyl sites for hydroxylation is 2. The van der Waals surface area contributed by atoms with E-state index in [2.05, 4.69) is 21.2 Å². The van der Waals surface area contributed by atoms with E-state index in [9.17, 15) is 13.2 Å². The molecule has 1 unspecified atom stereocenters. The molecule has 5 nitrogen and oxygen atoms in total. The minimum atomic E-state index is -3.60. The number of nitrogens with zero attached hydrogens (tertiary/aromatic N) is 1. The summed E-state index contributed by atoms with van der Waals surface area (Å²) in [5.74, 6) is -0.483. The highest BCUT2D eigenvalue weighted by Crippen LogP contribution is 2.26. The maximum Gasteiger partial charge on any atom is 0.243 e. The van der Waals surface area contributed by atoms with Crippen molar-refractivity contribution in [2.24, 2.45) is 5.92 Å². The minimum absolute atomic E-state index is 0.126. The molecular weight excluding hydrogens is 428 g/mol. The van der Waals surface area contributed by atoms with E-state index >= 15 is 0 Å². The molecule has 1 aliphatic rings. The van der Waals surface area contributed by atoms with E-state index < -0.39 is 10.0 Å². The molecule has 0 bridgehead atoms. The van der Waals surface area contributed by atoms with Crippen LogP contribution in [0.2, 0.25) is 0 Å². The van der Waals surface area contributed by atoms with Gasteiger partial charge in [0.1, 0.15) is 0 Å². The van der Waals surface area contributed by atoms with E-state index in [1.165, 1.54) is 4.31 Å². The summed E-state index contributed by atoms with van der Waals surface area (Å²) in [7, 11) is -3.60. The molecule has 0 saturated carbocycles. The minimum Gasteiger partial charge on any atom is -0.326 e. The fraction of sp³-hybridized carbons (Fsp3) is 0.350. The number of carbonyl (C=O) groups is 1. The molecule has 1 saturated heterocycles. The molecule has 27 heavy (non-hydrogen) atoms. The molecule has 1 aliphatic heterocycles. The molecule has 0 aliphatic carbocycles. The predicted molar refractivity (Wildman–Crippen MR) is 110 cm³/mol. The van der Waals surface area contributed by atoms with E-state index in [1.54, 1.807) is 24.3 Å². The maximum atomic E-state index is 12.9. The third-order valence-corrected chi connectivity index (χ3v) is 7.27. The summed E-state index contributed by atoms with van der Waals surface area (Å²) in [4.78, 5) is 13.0. The summed E-state index contributed by atoms with van der Waals surface area (Å²) in [6, 6.07) is 12.5. The Morgan fingerprint density at radius 1 is 1.15 bits per heavy atom. The van der Waals surface area contributed by atoms with Crippen molar-refractivity contribution >= 4 is 37.5 Å². The Hall–Kier alpha value is -1.70. The number of halogens is 1. The van der Waals surface area contributed by atoms with Gasteiger partial charge in [-0.25, -0.2) is 8.42 Å². The Labute approximate surface area is 169 Å². The molecule has 3 rings (SSSR count). The molecule has 1 atom stereocenters. The summed E-state index contributed by atoms with van der Waals surface area (Å²) < 4.78 is 28.1. The number of nitrogens with one attached hydrogen (secondary N) is 1. The molecule has 2 aromatic rings. The van der Waals surface area contributed by atoms with E-state index in [0.29, 0.717) is 19.4 Å². The van der Waals surface area contributed by atoms with Gasteiger partial charge < -0.3 is 5.32 Å².